The topological polar surface area (TPSA) is 49.3 Å². The molecule has 2 aromatic rings. The van der Waals surface area contributed by atoms with Crippen LogP contribution in [0, 0.1) is 18.8 Å². The first-order valence-corrected chi connectivity index (χ1v) is 7.09. The van der Waals surface area contributed by atoms with Crippen LogP contribution in [-0.4, -0.2) is 17.6 Å². The van der Waals surface area contributed by atoms with Crippen LogP contribution in [0.25, 0.3) is 0 Å². The van der Waals surface area contributed by atoms with E-state index in [1.807, 2.05) is 36.6 Å². The normalized spacial score (nSPS) is 9.70. The first-order valence-electron chi connectivity index (χ1n) is 6.21. The van der Waals surface area contributed by atoms with Gasteiger partial charge in [0, 0.05) is 10.4 Å². The van der Waals surface area contributed by atoms with Crippen molar-refractivity contribution in [1.82, 2.24) is 5.32 Å². The zero-order valence-electron chi connectivity index (χ0n) is 11.1. The molecule has 2 N–H and O–H groups in total. The van der Waals surface area contributed by atoms with Crippen LogP contribution in [0.4, 0.5) is 0 Å². The lowest BCUT2D eigenvalue weighted by Crippen LogP contribution is -2.23. The Bertz CT molecular complexity index is 651. The molecule has 0 aliphatic carbocycles. The highest BCUT2D eigenvalue weighted by atomic mass is 32.1. The molecule has 0 saturated heterocycles. The highest BCUT2D eigenvalue weighted by Crippen LogP contribution is 2.12. The number of amides is 1. The van der Waals surface area contributed by atoms with Crippen LogP contribution in [0.2, 0.25) is 0 Å². The number of thiophene rings is 1. The first-order chi connectivity index (χ1) is 9.70. The van der Waals surface area contributed by atoms with Gasteiger partial charge in [-0.15, -0.1) is 11.3 Å². The van der Waals surface area contributed by atoms with Gasteiger partial charge in [0.2, 0.25) is 0 Å². The molecule has 1 aromatic heterocycles. The summed E-state index contributed by atoms with van der Waals surface area (Å²) in [5, 5.41) is 13.6. The number of hydrogen-bond donors (Lipinski definition) is 2. The summed E-state index contributed by atoms with van der Waals surface area (Å²) < 4.78 is 0. The van der Waals surface area contributed by atoms with E-state index in [4.69, 9.17) is 5.11 Å². The molecular formula is C16H15NO2S. The number of benzene rings is 1. The predicted molar refractivity (Wildman–Crippen MR) is 80.6 cm³/mol. The average Bonchev–Trinajstić information content (AvgIpc) is 2.96. The highest BCUT2D eigenvalue weighted by Gasteiger charge is 2.10. The van der Waals surface area contributed by atoms with Gasteiger partial charge < -0.3 is 10.4 Å². The van der Waals surface area contributed by atoms with Crippen molar-refractivity contribution < 1.29 is 9.90 Å². The van der Waals surface area contributed by atoms with Gasteiger partial charge in [-0.3, -0.25) is 4.79 Å². The molecule has 102 valence electrons. The molecule has 0 fully saturated rings. The Morgan fingerprint density at radius 1 is 1.40 bits per heavy atom. The van der Waals surface area contributed by atoms with Gasteiger partial charge in [0.1, 0.15) is 6.61 Å². The average molecular weight is 285 g/mol. The molecule has 1 heterocycles. The van der Waals surface area contributed by atoms with Gasteiger partial charge in [-0.1, -0.05) is 24.0 Å². The summed E-state index contributed by atoms with van der Waals surface area (Å²) in [5.41, 5.74) is 2.21. The van der Waals surface area contributed by atoms with Crippen molar-refractivity contribution >= 4 is 17.2 Å². The predicted octanol–water partition coefficient (Wildman–Crippen LogP) is 2.33. The molecule has 0 atom stereocenters. The molecular weight excluding hydrogens is 270 g/mol. The van der Waals surface area contributed by atoms with Crippen LogP contribution in [0.1, 0.15) is 26.4 Å². The van der Waals surface area contributed by atoms with Crippen LogP contribution in [-0.2, 0) is 6.54 Å². The van der Waals surface area contributed by atoms with Crippen molar-refractivity contribution in [2.75, 3.05) is 6.61 Å². The third kappa shape index (κ3) is 3.70. The monoisotopic (exact) mass is 285 g/mol. The van der Waals surface area contributed by atoms with Crippen molar-refractivity contribution in [2.24, 2.45) is 0 Å². The maximum absolute atomic E-state index is 12.2. The van der Waals surface area contributed by atoms with Crippen molar-refractivity contribution in [3.05, 3.63) is 57.3 Å². The van der Waals surface area contributed by atoms with Crippen LogP contribution in [0.15, 0.2) is 35.7 Å². The van der Waals surface area contributed by atoms with Crippen molar-refractivity contribution in [1.29, 1.82) is 0 Å². The van der Waals surface area contributed by atoms with E-state index in [1.54, 1.807) is 17.4 Å². The number of aryl methyl sites for hydroxylation is 1. The Balaban J connectivity index is 2.16. The lowest BCUT2D eigenvalue weighted by molar-refractivity contribution is 0.0951. The fourth-order valence-electron chi connectivity index (χ4n) is 1.77. The summed E-state index contributed by atoms with van der Waals surface area (Å²) in [5.74, 6) is 5.25. The molecule has 0 radical (unpaired) electrons. The molecule has 0 aliphatic rings. The Morgan fingerprint density at radius 2 is 2.25 bits per heavy atom. The lowest BCUT2D eigenvalue weighted by atomic mass is 10.0. The SMILES string of the molecule is Cc1ccc(C(=O)NCc2cccs2)c(C#CCO)c1. The lowest BCUT2D eigenvalue weighted by Gasteiger charge is -2.07. The van der Waals surface area contributed by atoms with Crippen LogP contribution in [0.5, 0.6) is 0 Å². The van der Waals surface area contributed by atoms with E-state index < -0.39 is 0 Å². The number of carbonyl (C=O) groups excluding carboxylic acids is 1. The third-order valence-electron chi connectivity index (χ3n) is 2.73. The van der Waals surface area contributed by atoms with Crippen LogP contribution in [0.3, 0.4) is 0 Å². The summed E-state index contributed by atoms with van der Waals surface area (Å²) >= 11 is 1.60. The number of aliphatic hydroxyl groups excluding tert-OH is 1. The zero-order valence-corrected chi connectivity index (χ0v) is 12.0. The van der Waals surface area contributed by atoms with E-state index in [0.29, 0.717) is 17.7 Å². The quantitative estimate of drug-likeness (QED) is 0.850. The van der Waals surface area contributed by atoms with Crippen LogP contribution >= 0.6 is 11.3 Å². The molecule has 0 saturated carbocycles. The van der Waals surface area contributed by atoms with Crippen LogP contribution < -0.4 is 5.32 Å². The minimum absolute atomic E-state index is 0.152. The third-order valence-corrected chi connectivity index (χ3v) is 3.60. The van der Waals surface area contributed by atoms with Gasteiger partial charge in [0.05, 0.1) is 12.1 Å². The second-order valence-corrected chi connectivity index (χ2v) is 5.30. The molecule has 2 rings (SSSR count). The van der Waals surface area contributed by atoms with Gasteiger partial charge in [-0.2, -0.15) is 0 Å². The highest BCUT2D eigenvalue weighted by molar-refractivity contribution is 7.09. The molecule has 0 bridgehead atoms. The smallest absolute Gasteiger partial charge is 0.252 e. The van der Waals surface area contributed by atoms with E-state index in [-0.39, 0.29) is 12.5 Å². The Kier molecular flexibility index (Phi) is 4.94. The van der Waals surface area contributed by atoms with E-state index in [0.717, 1.165) is 10.4 Å². The van der Waals surface area contributed by atoms with Crippen molar-refractivity contribution in [3.8, 4) is 11.8 Å². The van der Waals surface area contributed by atoms with E-state index in [9.17, 15) is 4.79 Å². The van der Waals surface area contributed by atoms with E-state index in [1.165, 1.54) is 0 Å². The van der Waals surface area contributed by atoms with E-state index in [2.05, 4.69) is 17.2 Å². The number of aliphatic hydroxyl groups is 1. The Morgan fingerprint density at radius 3 is 2.95 bits per heavy atom. The van der Waals surface area contributed by atoms with Crippen molar-refractivity contribution in [2.45, 2.75) is 13.5 Å². The summed E-state index contributed by atoms with van der Waals surface area (Å²) in [6.45, 7) is 2.24. The summed E-state index contributed by atoms with van der Waals surface area (Å²) in [6, 6.07) is 9.43. The first kappa shape index (κ1) is 14.3. The Hall–Kier alpha value is -2.09. The molecule has 3 nitrogen and oxygen atoms in total. The van der Waals surface area contributed by atoms with E-state index >= 15 is 0 Å². The standard InChI is InChI=1S/C16H15NO2S/c1-12-6-7-15(13(10-12)4-2-8-18)16(19)17-11-14-5-3-9-20-14/h3,5-7,9-10,18H,8,11H2,1H3,(H,17,19). The minimum atomic E-state index is -0.218. The second kappa shape index (κ2) is 6.90. The van der Waals surface area contributed by atoms with Gasteiger partial charge in [-0.25, -0.2) is 0 Å². The summed E-state index contributed by atoms with van der Waals surface area (Å²) in [4.78, 5) is 13.3. The zero-order chi connectivity index (χ0) is 14.4. The van der Waals surface area contributed by atoms with Gasteiger partial charge in [-0.05, 0) is 36.1 Å². The molecule has 0 unspecified atom stereocenters. The second-order valence-electron chi connectivity index (χ2n) is 4.27. The fourth-order valence-corrected chi connectivity index (χ4v) is 2.41. The van der Waals surface area contributed by atoms with Gasteiger partial charge >= 0.3 is 0 Å². The molecule has 1 aromatic carbocycles. The molecule has 20 heavy (non-hydrogen) atoms. The Labute approximate surface area is 122 Å². The molecule has 0 spiro atoms. The minimum Gasteiger partial charge on any atom is -0.384 e. The summed E-state index contributed by atoms with van der Waals surface area (Å²) in [6.07, 6.45) is 0. The van der Waals surface area contributed by atoms with Gasteiger partial charge in [0.25, 0.3) is 5.91 Å². The van der Waals surface area contributed by atoms with Gasteiger partial charge in [0.15, 0.2) is 0 Å². The molecule has 1 amide bonds. The fraction of sp³-hybridized carbons (Fsp3) is 0.188. The van der Waals surface area contributed by atoms with Crippen molar-refractivity contribution in [3.63, 3.8) is 0 Å². The maximum Gasteiger partial charge on any atom is 0.252 e. The maximum atomic E-state index is 12.2. The summed E-state index contributed by atoms with van der Waals surface area (Å²) in [7, 11) is 0. The largest absolute Gasteiger partial charge is 0.384 e. The number of carbonyl (C=O) groups is 1. The molecule has 4 heteroatoms. The molecule has 0 aliphatic heterocycles. The number of hydrogen-bond acceptors (Lipinski definition) is 3. The number of rotatable bonds is 3. The number of nitrogens with one attached hydrogen (secondary N) is 1.